The molecule has 1 fully saturated rings. The first-order valence-electron chi connectivity index (χ1n) is 5.49. The Bertz CT molecular complexity index is 360. The van der Waals surface area contributed by atoms with E-state index in [4.69, 9.17) is 5.11 Å². The third-order valence-electron chi connectivity index (χ3n) is 3.23. The van der Waals surface area contributed by atoms with Crippen molar-refractivity contribution < 1.29 is 82.6 Å². The number of carboxylic acid groups (broad SMARTS) is 1. The molecule has 0 heterocycles. The minimum atomic E-state index is -0.988. The third kappa shape index (κ3) is 5.04. The number of carboxylic acids is 1. The van der Waals surface area contributed by atoms with Gasteiger partial charge in [0.05, 0.1) is 7.11 Å². The summed E-state index contributed by atoms with van der Waals surface area (Å²) in [5, 5.41) is 9.14. The van der Waals surface area contributed by atoms with E-state index < -0.39 is 23.8 Å². The number of aliphatic carboxylic acids is 1. The molecule has 0 aromatic heterocycles. The molecule has 4 unspecified atom stereocenters. The van der Waals surface area contributed by atoms with Crippen LogP contribution < -0.4 is 0 Å². The van der Waals surface area contributed by atoms with Crippen molar-refractivity contribution in [3.8, 4) is 0 Å². The van der Waals surface area contributed by atoms with Gasteiger partial charge in [-0.25, -0.2) is 0 Å². The monoisotopic (exact) mass is 786 g/mol. The SMILES string of the molecule is COC(=O)C1[CH-]C2[CH-]C=C[CH-]C2[CH-]C1C(=O)O.[W+2].[W+2].[W]. The summed E-state index contributed by atoms with van der Waals surface area (Å²) in [6.07, 6.45) is 11.2. The number of rotatable bonds is 2. The number of hydrogen-bond donors (Lipinski definition) is 1. The molecule has 0 aliphatic heterocycles. The van der Waals surface area contributed by atoms with Gasteiger partial charge in [0.25, 0.3) is 11.9 Å². The predicted molar refractivity (Wildman–Crippen MR) is 60.0 cm³/mol. The molecule has 1 saturated carbocycles. The van der Waals surface area contributed by atoms with Crippen LogP contribution in [0.4, 0.5) is 0 Å². The van der Waals surface area contributed by atoms with Gasteiger partial charge in [0, 0.05) is 21.1 Å². The molecule has 2 rings (SSSR count). The van der Waals surface area contributed by atoms with E-state index in [1.165, 1.54) is 7.11 Å². The first-order valence-corrected chi connectivity index (χ1v) is 5.49. The van der Waals surface area contributed by atoms with Crippen molar-refractivity contribution in [2.24, 2.45) is 23.7 Å². The second-order valence-corrected chi connectivity index (χ2v) is 4.22. The average Bonchev–Trinajstić information content (AvgIpc) is 2.36. The van der Waals surface area contributed by atoms with Crippen LogP contribution in [0.5, 0.6) is 0 Å². The number of fused-ring (bicyclic) bond motifs is 1. The largest absolute Gasteiger partial charge is 2.00 e. The van der Waals surface area contributed by atoms with Crippen LogP contribution in [0.1, 0.15) is 0 Å². The number of allylic oxidation sites excluding steroid dienone is 2. The van der Waals surface area contributed by atoms with Gasteiger partial charge in [-0.15, -0.1) is 0 Å². The van der Waals surface area contributed by atoms with Crippen LogP contribution in [0.25, 0.3) is 0 Å². The maximum Gasteiger partial charge on any atom is 2.00 e. The Kier molecular flexibility index (Phi) is 11.7. The van der Waals surface area contributed by atoms with Gasteiger partial charge in [-0.05, 0) is 0 Å². The zero-order valence-electron chi connectivity index (χ0n) is 10.7. The quantitative estimate of drug-likeness (QED) is 0.337. The number of carbonyl (C=O) groups is 2. The van der Waals surface area contributed by atoms with Gasteiger partial charge in [0.2, 0.25) is 0 Å². The number of ether oxygens (including phenoxy) is 1. The van der Waals surface area contributed by atoms with E-state index in [1.54, 1.807) is 12.8 Å². The molecule has 0 saturated heterocycles. The first kappa shape index (κ1) is 22.8. The minimum absolute atomic E-state index is 0. The smallest absolute Gasteiger partial charge is 0.483 e. The summed E-state index contributed by atoms with van der Waals surface area (Å²) in [4.78, 5) is 22.7. The van der Waals surface area contributed by atoms with Crippen LogP contribution in [-0.4, -0.2) is 24.2 Å². The van der Waals surface area contributed by atoms with Crippen molar-refractivity contribution in [2.45, 2.75) is 0 Å². The summed E-state index contributed by atoms with van der Waals surface area (Å²) in [5.74, 6) is -2.84. The zero-order chi connectivity index (χ0) is 12.4. The Morgan fingerprint density at radius 2 is 1.50 bits per heavy atom. The van der Waals surface area contributed by atoms with Gasteiger partial charge in [0.1, 0.15) is 0 Å². The maximum absolute atomic E-state index is 11.6. The molecule has 0 aromatic carbocycles. The summed E-state index contributed by atoms with van der Waals surface area (Å²) in [5.41, 5.74) is 0. The molecule has 4 nitrogen and oxygen atoms in total. The van der Waals surface area contributed by atoms with E-state index in [0.29, 0.717) is 0 Å². The van der Waals surface area contributed by atoms with Crippen LogP contribution in [0.15, 0.2) is 12.2 Å². The van der Waals surface area contributed by atoms with Crippen LogP contribution in [-0.2, 0) is 77.5 Å². The van der Waals surface area contributed by atoms with Gasteiger partial charge in [0.15, 0.2) is 0 Å². The molecule has 20 heavy (non-hydrogen) atoms. The van der Waals surface area contributed by atoms with Gasteiger partial charge in [-0.1, -0.05) is 11.8 Å². The Morgan fingerprint density at radius 3 is 1.90 bits per heavy atom. The van der Waals surface area contributed by atoms with Crippen molar-refractivity contribution in [1.82, 2.24) is 0 Å². The van der Waals surface area contributed by atoms with Crippen LogP contribution in [0.3, 0.4) is 0 Å². The molecular formula is C13H14O4W3. The van der Waals surface area contributed by atoms with E-state index in [2.05, 4.69) is 4.74 Å². The van der Waals surface area contributed by atoms with Crippen molar-refractivity contribution in [1.29, 1.82) is 0 Å². The van der Waals surface area contributed by atoms with E-state index in [1.807, 2.05) is 25.0 Å². The maximum atomic E-state index is 11.6. The number of methoxy groups -OCH3 is 1. The fraction of sp³-hybridized carbons (Fsp3) is 0.385. The molecule has 4 atom stereocenters. The molecule has 2 aliphatic carbocycles. The first-order chi connectivity index (χ1) is 8.13. The fourth-order valence-electron chi connectivity index (χ4n) is 2.34. The van der Waals surface area contributed by atoms with Crippen molar-refractivity contribution in [3.05, 3.63) is 37.8 Å². The third-order valence-corrected chi connectivity index (χ3v) is 3.23. The van der Waals surface area contributed by atoms with Crippen LogP contribution in [0.2, 0.25) is 0 Å². The zero-order valence-corrected chi connectivity index (χ0v) is 19.5. The molecule has 0 bridgehead atoms. The second-order valence-electron chi connectivity index (χ2n) is 4.22. The molecule has 108 valence electrons. The Morgan fingerprint density at radius 1 is 1.05 bits per heavy atom. The number of carbonyl (C=O) groups excluding carboxylic acids is 1. The fourth-order valence-corrected chi connectivity index (χ4v) is 2.34. The number of esters is 1. The summed E-state index contributed by atoms with van der Waals surface area (Å²) < 4.78 is 4.65. The predicted octanol–water partition coefficient (Wildman–Crippen LogP) is 1.10. The molecular weight excluding hydrogens is 772 g/mol. The van der Waals surface area contributed by atoms with Crippen molar-refractivity contribution in [2.75, 3.05) is 7.11 Å². The van der Waals surface area contributed by atoms with Gasteiger partial charge >= 0.3 is 42.1 Å². The molecule has 0 spiro atoms. The Hall–Kier alpha value is 0.485. The molecule has 0 amide bonds. The molecule has 0 aromatic rings. The van der Waals surface area contributed by atoms with E-state index in [-0.39, 0.29) is 75.0 Å². The topological polar surface area (TPSA) is 63.6 Å². The van der Waals surface area contributed by atoms with Gasteiger partial charge in [-0.2, -0.15) is 0 Å². The van der Waals surface area contributed by atoms with E-state index in [0.717, 1.165) is 0 Å². The molecule has 7 heteroatoms. The Labute approximate surface area is 162 Å². The van der Waals surface area contributed by atoms with Crippen LogP contribution in [0, 0.1) is 49.4 Å². The molecule has 0 radical (unpaired) electrons. The summed E-state index contributed by atoms with van der Waals surface area (Å²) in [6, 6.07) is 0. The van der Waals surface area contributed by atoms with Crippen LogP contribution >= 0.6 is 0 Å². The molecule has 2 aliphatic rings. The minimum Gasteiger partial charge on any atom is -0.483 e. The van der Waals surface area contributed by atoms with Gasteiger partial charge in [-0.3, -0.25) is 21.4 Å². The summed E-state index contributed by atoms with van der Waals surface area (Å²) >= 11 is 0. The summed E-state index contributed by atoms with van der Waals surface area (Å²) in [7, 11) is 1.28. The van der Waals surface area contributed by atoms with Gasteiger partial charge < -0.3 is 47.7 Å². The number of hydrogen-bond acceptors (Lipinski definition) is 3. The average molecular weight is 786 g/mol. The van der Waals surface area contributed by atoms with Crippen molar-refractivity contribution >= 4 is 11.9 Å². The molecule has 1 N–H and O–H groups in total. The second kappa shape index (κ2) is 10.3. The van der Waals surface area contributed by atoms with Crippen molar-refractivity contribution in [3.63, 3.8) is 0 Å². The van der Waals surface area contributed by atoms with E-state index in [9.17, 15) is 9.59 Å². The normalized spacial score (nSPS) is 29.9. The standard InChI is InChI=1S/C13H14O4.3W/c1-17-13(16)11-7-9-5-3-2-4-8(9)6-10(11)12(14)15;;;/h2-11H,1H3,(H,14,15);;;/q-4;;2*+2. The summed E-state index contributed by atoms with van der Waals surface area (Å²) in [6.45, 7) is 0. The van der Waals surface area contributed by atoms with E-state index >= 15 is 0 Å². The Balaban J connectivity index is 0.